The largest absolute Gasteiger partial charge is 0.504 e. The average Bonchev–Trinajstić information content (AvgIpc) is 2.37. The van der Waals surface area contributed by atoms with Gasteiger partial charge in [0, 0.05) is 18.3 Å². The number of thioether (sulfide) groups is 1. The standard InChI is InChI=1S/C14H23NO2S/c1-4-17-14-8-12(6-7-13(14)16)9-15-11(3)10-18-5-2/h6-8,11,15-16H,4-5,9-10H2,1-3H3. The van der Waals surface area contributed by atoms with Gasteiger partial charge in [0.25, 0.3) is 0 Å². The fourth-order valence-corrected chi connectivity index (χ4v) is 2.29. The fourth-order valence-electron chi connectivity index (χ4n) is 1.59. The summed E-state index contributed by atoms with van der Waals surface area (Å²) in [6.45, 7) is 7.63. The fraction of sp³-hybridized carbons (Fsp3) is 0.571. The number of ether oxygens (including phenoxy) is 1. The number of nitrogens with one attached hydrogen (secondary N) is 1. The highest BCUT2D eigenvalue weighted by atomic mass is 32.2. The molecule has 0 heterocycles. The highest BCUT2D eigenvalue weighted by Gasteiger charge is 2.05. The number of benzene rings is 1. The van der Waals surface area contributed by atoms with Gasteiger partial charge in [0.2, 0.25) is 0 Å². The third-order valence-electron chi connectivity index (χ3n) is 2.55. The molecule has 0 radical (unpaired) electrons. The maximum atomic E-state index is 9.61. The molecule has 0 aromatic heterocycles. The number of hydrogen-bond acceptors (Lipinski definition) is 4. The lowest BCUT2D eigenvalue weighted by Gasteiger charge is -2.14. The molecule has 0 saturated carbocycles. The van der Waals surface area contributed by atoms with Crippen LogP contribution >= 0.6 is 11.8 Å². The summed E-state index contributed by atoms with van der Waals surface area (Å²) >= 11 is 1.94. The zero-order valence-electron chi connectivity index (χ0n) is 11.4. The molecule has 1 atom stereocenters. The molecule has 0 aliphatic carbocycles. The minimum absolute atomic E-state index is 0.204. The Morgan fingerprint density at radius 3 is 2.83 bits per heavy atom. The van der Waals surface area contributed by atoms with Crippen LogP contribution in [0.3, 0.4) is 0 Å². The highest BCUT2D eigenvalue weighted by Crippen LogP contribution is 2.26. The van der Waals surface area contributed by atoms with Gasteiger partial charge in [-0.25, -0.2) is 0 Å². The highest BCUT2D eigenvalue weighted by molar-refractivity contribution is 7.99. The van der Waals surface area contributed by atoms with Gasteiger partial charge in [-0.2, -0.15) is 11.8 Å². The summed E-state index contributed by atoms with van der Waals surface area (Å²) in [6.07, 6.45) is 0. The molecule has 0 aliphatic rings. The smallest absolute Gasteiger partial charge is 0.161 e. The van der Waals surface area contributed by atoms with Crippen LogP contribution in [0.1, 0.15) is 26.3 Å². The number of phenols is 1. The van der Waals surface area contributed by atoms with E-state index >= 15 is 0 Å². The predicted octanol–water partition coefficient (Wildman–Crippen LogP) is 3.02. The first-order valence-corrected chi connectivity index (χ1v) is 7.58. The van der Waals surface area contributed by atoms with Crippen LogP contribution in [0.15, 0.2) is 18.2 Å². The van der Waals surface area contributed by atoms with E-state index in [-0.39, 0.29) is 5.75 Å². The van der Waals surface area contributed by atoms with Crippen LogP contribution in [-0.2, 0) is 6.54 Å². The van der Waals surface area contributed by atoms with E-state index in [0.717, 1.165) is 23.6 Å². The predicted molar refractivity (Wildman–Crippen MR) is 78.6 cm³/mol. The number of phenolic OH excluding ortho intramolecular Hbond substituents is 1. The molecule has 1 aromatic rings. The third kappa shape index (κ3) is 5.19. The quantitative estimate of drug-likeness (QED) is 0.761. The summed E-state index contributed by atoms with van der Waals surface area (Å²) in [4.78, 5) is 0. The van der Waals surface area contributed by atoms with Crippen molar-refractivity contribution in [2.45, 2.75) is 33.4 Å². The van der Waals surface area contributed by atoms with E-state index in [4.69, 9.17) is 4.74 Å². The average molecular weight is 269 g/mol. The van der Waals surface area contributed by atoms with E-state index in [0.29, 0.717) is 18.4 Å². The molecule has 0 amide bonds. The maximum absolute atomic E-state index is 9.61. The SMILES string of the molecule is CCOc1cc(CNC(C)CSCC)ccc1O. The van der Waals surface area contributed by atoms with Crippen molar-refractivity contribution in [3.63, 3.8) is 0 Å². The van der Waals surface area contributed by atoms with Gasteiger partial charge in [0.15, 0.2) is 11.5 Å². The van der Waals surface area contributed by atoms with E-state index in [9.17, 15) is 5.11 Å². The van der Waals surface area contributed by atoms with Crippen molar-refractivity contribution in [1.29, 1.82) is 0 Å². The maximum Gasteiger partial charge on any atom is 0.161 e. The molecule has 2 N–H and O–H groups in total. The van der Waals surface area contributed by atoms with Crippen molar-refractivity contribution >= 4 is 11.8 Å². The third-order valence-corrected chi connectivity index (χ3v) is 3.69. The first-order valence-electron chi connectivity index (χ1n) is 6.43. The monoisotopic (exact) mass is 269 g/mol. The Hall–Kier alpha value is -0.870. The van der Waals surface area contributed by atoms with Crippen LogP contribution in [0.2, 0.25) is 0 Å². The summed E-state index contributed by atoms with van der Waals surface area (Å²) in [5.74, 6) is 3.04. The van der Waals surface area contributed by atoms with Crippen molar-refractivity contribution in [2.75, 3.05) is 18.1 Å². The van der Waals surface area contributed by atoms with Gasteiger partial charge >= 0.3 is 0 Å². The molecule has 3 nitrogen and oxygen atoms in total. The molecular weight excluding hydrogens is 246 g/mol. The summed E-state index contributed by atoms with van der Waals surface area (Å²) < 4.78 is 5.37. The van der Waals surface area contributed by atoms with Gasteiger partial charge in [0.1, 0.15) is 0 Å². The van der Waals surface area contributed by atoms with E-state index in [1.165, 1.54) is 0 Å². The zero-order valence-corrected chi connectivity index (χ0v) is 12.2. The van der Waals surface area contributed by atoms with Crippen molar-refractivity contribution in [3.8, 4) is 11.5 Å². The Morgan fingerprint density at radius 2 is 2.17 bits per heavy atom. The van der Waals surface area contributed by atoms with Crippen LogP contribution in [0, 0.1) is 0 Å². The van der Waals surface area contributed by atoms with Gasteiger partial charge in [0.05, 0.1) is 6.61 Å². The van der Waals surface area contributed by atoms with E-state index in [1.54, 1.807) is 6.07 Å². The topological polar surface area (TPSA) is 41.5 Å². The molecule has 0 aliphatic heterocycles. The Labute approximate surface area is 114 Å². The molecule has 1 rings (SSSR count). The van der Waals surface area contributed by atoms with Crippen molar-refractivity contribution in [2.24, 2.45) is 0 Å². The van der Waals surface area contributed by atoms with E-state index in [1.807, 2.05) is 30.8 Å². The normalized spacial score (nSPS) is 12.4. The molecule has 0 saturated heterocycles. The molecule has 0 bridgehead atoms. The second kappa shape index (κ2) is 8.27. The first kappa shape index (κ1) is 15.2. The molecule has 1 unspecified atom stereocenters. The molecule has 1 aromatic carbocycles. The van der Waals surface area contributed by atoms with Crippen molar-refractivity contribution < 1.29 is 9.84 Å². The zero-order chi connectivity index (χ0) is 13.4. The van der Waals surface area contributed by atoms with Gasteiger partial charge in [-0.05, 0) is 37.3 Å². The van der Waals surface area contributed by atoms with Crippen molar-refractivity contribution in [1.82, 2.24) is 5.32 Å². The van der Waals surface area contributed by atoms with E-state index < -0.39 is 0 Å². The van der Waals surface area contributed by atoms with Crippen LogP contribution in [-0.4, -0.2) is 29.3 Å². The Kier molecular flexibility index (Phi) is 6.98. The minimum atomic E-state index is 0.204. The van der Waals surface area contributed by atoms with Gasteiger partial charge in [-0.15, -0.1) is 0 Å². The first-order chi connectivity index (χ1) is 8.67. The molecule has 102 valence electrons. The minimum Gasteiger partial charge on any atom is -0.504 e. The molecular formula is C14H23NO2S. The molecule has 0 spiro atoms. The van der Waals surface area contributed by atoms with Gasteiger partial charge in [-0.3, -0.25) is 0 Å². The number of hydrogen-bond donors (Lipinski definition) is 2. The summed E-state index contributed by atoms with van der Waals surface area (Å²) in [6, 6.07) is 5.99. The second-order valence-corrected chi connectivity index (χ2v) is 5.50. The van der Waals surface area contributed by atoms with Gasteiger partial charge in [-0.1, -0.05) is 13.0 Å². The summed E-state index contributed by atoms with van der Waals surface area (Å²) in [5, 5.41) is 13.1. The Morgan fingerprint density at radius 1 is 1.39 bits per heavy atom. The molecule has 0 fully saturated rings. The summed E-state index contributed by atoms with van der Waals surface area (Å²) in [5.41, 5.74) is 1.13. The van der Waals surface area contributed by atoms with Crippen LogP contribution in [0.4, 0.5) is 0 Å². The van der Waals surface area contributed by atoms with Crippen LogP contribution < -0.4 is 10.1 Å². The Bertz CT molecular complexity index is 358. The van der Waals surface area contributed by atoms with Crippen LogP contribution in [0.5, 0.6) is 11.5 Å². The van der Waals surface area contributed by atoms with Crippen LogP contribution in [0.25, 0.3) is 0 Å². The summed E-state index contributed by atoms with van der Waals surface area (Å²) in [7, 11) is 0. The molecule has 4 heteroatoms. The molecule has 18 heavy (non-hydrogen) atoms. The second-order valence-electron chi connectivity index (χ2n) is 4.18. The number of rotatable bonds is 8. The van der Waals surface area contributed by atoms with Crippen molar-refractivity contribution in [3.05, 3.63) is 23.8 Å². The number of aromatic hydroxyl groups is 1. The van der Waals surface area contributed by atoms with E-state index in [2.05, 4.69) is 19.2 Å². The van der Waals surface area contributed by atoms with Gasteiger partial charge < -0.3 is 15.2 Å². The Balaban J connectivity index is 2.49. The lowest BCUT2D eigenvalue weighted by molar-refractivity contribution is 0.317. The lowest BCUT2D eigenvalue weighted by atomic mass is 10.2. The lowest BCUT2D eigenvalue weighted by Crippen LogP contribution is -2.27.